The molecular formula is C11H13NNaO. The predicted molar refractivity (Wildman–Crippen MR) is 61.7 cm³/mol. The first kappa shape index (κ1) is 15.6. The first-order chi connectivity index (χ1) is 6.20. The molecule has 2 N–H and O–H groups in total. The van der Waals surface area contributed by atoms with Crippen molar-refractivity contribution in [1.29, 1.82) is 0 Å². The van der Waals surface area contributed by atoms with Crippen molar-refractivity contribution in [3.05, 3.63) is 55.1 Å². The molecule has 0 aromatic heterocycles. The van der Waals surface area contributed by atoms with E-state index in [9.17, 15) is 4.79 Å². The van der Waals surface area contributed by atoms with Gasteiger partial charge in [-0.25, -0.2) is 0 Å². The molecule has 0 saturated carbocycles. The second kappa shape index (κ2) is 10.3. The third kappa shape index (κ3) is 9.26. The Balaban J connectivity index is 0. The van der Waals surface area contributed by atoms with Gasteiger partial charge in [-0.1, -0.05) is 49.6 Å². The number of hydrogen-bond acceptors (Lipinski definition) is 1. The third-order valence-corrected chi connectivity index (χ3v) is 1.24. The molecule has 0 heterocycles. The summed E-state index contributed by atoms with van der Waals surface area (Å²) in [6, 6.07) is 10.0. The fraction of sp³-hybridized carbons (Fsp3) is 0. The maximum absolute atomic E-state index is 9.47. The molecule has 0 fully saturated rings. The molecule has 2 nitrogen and oxygen atoms in total. The third-order valence-electron chi connectivity index (χ3n) is 1.24. The number of hydrogen-bond donors (Lipinski definition) is 1. The zero-order valence-corrected chi connectivity index (χ0v) is 10.4. The second-order valence-electron chi connectivity index (χ2n) is 2.22. The van der Waals surface area contributed by atoms with E-state index in [1.165, 1.54) is 5.56 Å². The van der Waals surface area contributed by atoms with Crippen molar-refractivity contribution in [3.8, 4) is 0 Å². The van der Waals surface area contributed by atoms with Crippen LogP contribution in [0, 0.1) is 0 Å². The number of nitrogens with two attached hydrogens (primary N) is 1. The molecule has 1 aromatic rings. The standard InChI is InChI=1S/C8H8.C3H5NO.Na/c1-2-8-6-4-3-5-7-8;1-2-3(4)5;/h2-7H,1H2;2H,1H2,(H2,4,5);. The molecule has 0 aliphatic heterocycles. The van der Waals surface area contributed by atoms with Crippen LogP contribution in [0.5, 0.6) is 0 Å². The molecule has 1 radical (unpaired) electrons. The van der Waals surface area contributed by atoms with Crippen LogP contribution in [0.1, 0.15) is 5.56 Å². The number of benzene rings is 1. The van der Waals surface area contributed by atoms with Crippen LogP contribution in [-0.4, -0.2) is 35.5 Å². The average Bonchev–Trinajstić information content (AvgIpc) is 2.20. The Bertz CT molecular complexity index is 283. The van der Waals surface area contributed by atoms with Gasteiger partial charge in [-0.3, -0.25) is 4.79 Å². The smallest absolute Gasteiger partial charge is 0.240 e. The van der Waals surface area contributed by atoms with Crippen LogP contribution >= 0.6 is 0 Å². The summed E-state index contributed by atoms with van der Waals surface area (Å²) in [6.45, 7) is 6.72. The van der Waals surface area contributed by atoms with Gasteiger partial charge < -0.3 is 5.73 Å². The summed E-state index contributed by atoms with van der Waals surface area (Å²) in [7, 11) is 0. The summed E-state index contributed by atoms with van der Waals surface area (Å²) in [5.41, 5.74) is 5.71. The van der Waals surface area contributed by atoms with Gasteiger partial charge in [0.1, 0.15) is 0 Å². The molecule has 69 valence electrons. The van der Waals surface area contributed by atoms with E-state index in [1.54, 1.807) is 0 Å². The fourth-order valence-corrected chi connectivity index (χ4v) is 0.589. The summed E-state index contributed by atoms with van der Waals surface area (Å²) in [5.74, 6) is -0.481. The number of amides is 1. The molecule has 0 aliphatic rings. The molecule has 0 bridgehead atoms. The average molecular weight is 198 g/mol. The van der Waals surface area contributed by atoms with E-state index in [0.29, 0.717) is 0 Å². The van der Waals surface area contributed by atoms with E-state index in [-0.39, 0.29) is 29.6 Å². The SMILES string of the molecule is C=CC(N)=O.C=Cc1ccccc1.[Na]. The van der Waals surface area contributed by atoms with E-state index < -0.39 is 5.91 Å². The van der Waals surface area contributed by atoms with E-state index in [0.717, 1.165) is 6.08 Å². The normalized spacial score (nSPS) is 7.14. The van der Waals surface area contributed by atoms with Crippen molar-refractivity contribution >= 4 is 41.5 Å². The summed E-state index contributed by atoms with van der Waals surface area (Å²) >= 11 is 0. The molecule has 0 unspecified atom stereocenters. The van der Waals surface area contributed by atoms with Gasteiger partial charge >= 0.3 is 0 Å². The van der Waals surface area contributed by atoms with Crippen LogP contribution in [-0.2, 0) is 4.79 Å². The topological polar surface area (TPSA) is 43.1 Å². The molecule has 14 heavy (non-hydrogen) atoms. The van der Waals surface area contributed by atoms with E-state index in [2.05, 4.69) is 18.9 Å². The molecule has 0 aliphatic carbocycles. The van der Waals surface area contributed by atoms with Crippen molar-refractivity contribution in [2.24, 2.45) is 5.73 Å². The first-order valence-electron chi connectivity index (χ1n) is 3.80. The zero-order valence-electron chi connectivity index (χ0n) is 8.44. The van der Waals surface area contributed by atoms with Gasteiger partial charge in [0.2, 0.25) is 5.91 Å². The molecule has 0 atom stereocenters. The van der Waals surface area contributed by atoms with Crippen LogP contribution in [0.2, 0.25) is 0 Å². The van der Waals surface area contributed by atoms with Gasteiger partial charge in [0.25, 0.3) is 0 Å². The number of primary amides is 1. The maximum Gasteiger partial charge on any atom is 0.240 e. The summed E-state index contributed by atoms with van der Waals surface area (Å²) in [6.07, 6.45) is 2.89. The predicted octanol–water partition coefficient (Wildman–Crippen LogP) is 1.61. The zero-order chi connectivity index (χ0) is 10.1. The molecule has 3 heteroatoms. The minimum Gasteiger partial charge on any atom is -0.366 e. The van der Waals surface area contributed by atoms with Gasteiger partial charge in [0.15, 0.2) is 0 Å². The van der Waals surface area contributed by atoms with Crippen LogP contribution in [0.3, 0.4) is 0 Å². The minimum absolute atomic E-state index is 0. The Morgan fingerprint density at radius 2 is 1.64 bits per heavy atom. The Morgan fingerprint density at radius 1 is 1.21 bits per heavy atom. The summed E-state index contributed by atoms with van der Waals surface area (Å²) in [4.78, 5) is 9.47. The van der Waals surface area contributed by atoms with E-state index in [1.807, 2.05) is 36.4 Å². The first-order valence-corrected chi connectivity index (χ1v) is 3.80. The van der Waals surface area contributed by atoms with Crippen molar-refractivity contribution in [1.82, 2.24) is 0 Å². The minimum atomic E-state index is -0.481. The fourth-order valence-electron chi connectivity index (χ4n) is 0.589. The van der Waals surface area contributed by atoms with Gasteiger partial charge in [0.05, 0.1) is 0 Å². The Kier molecular flexibility index (Phi) is 11.4. The van der Waals surface area contributed by atoms with Crippen molar-refractivity contribution in [3.63, 3.8) is 0 Å². The van der Waals surface area contributed by atoms with Crippen molar-refractivity contribution in [2.75, 3.05) is 0 Å². The number of carbonyl (C=O) groups excluding carboxylic acids is 1. The maximum atomic E-state index is 9.47. The largest absolute Gasteiger partial charge is 0.366 e. The molecule has 0 saturated heterocycles. The second-order valence-corrected chi connectivity index (χ2v) is 2.22. The van der Waals surface area contributed by atoms with E-state index in [4.69, 9.17) is 0 Å². The van der Waals surface area contributed by atoms with Gasteiger partial charge in [-0.15, -0.1) is 0 Å². The number of rotatable bonds is 2. The molecular weight excluding hydrogens is 185 g/mol. The quantitative estimate of drug-likeness (QED) is 0.569. The molecule has 0 spiro atoms. The number of carbonyl (C=O) groups is 1. The molecule has 1 rings (SSSR count). The molecule has 1 amide bonds. The van der Waals surface area contributed by atoms with Crippen LogP contribution in [0.25, 0.3) is 6.08 Å². The summed E-state index contributed by atoms with van der Waals surface area (Å²) < 4.78 is 0. The Labute approximate surface area is 107 Å². The van der Waals surface area contributed by atoms with Gasteiger partial charge in [-0.2, -0.15) is 0 Å². The van der Waals surface area contributed by atoms with Gasteiger partial charge in [-0.05, 0) is 11.6 Å². The Morgan fingerprint density at radius 3 is 1.86 bits per heavy atom. The van der Waals surface area contributed by atoms with E-state index >= 15 is 0 Å². The van der Waals surface area contributed by atoms with Crippen LogP contribution < -0.4 is 5.73 Å². The van der Waals surface area contributed by atoms with Crippen molar-refractivity contribution in [2.45, 2.75) is 0 Å². The van der Waals surface area contributed by atoms with Crippen molar-refractivity contribution < 1.29 is 4.79 Å². The van der Waals surface area contributed by atoms with Crippen LogP contribution in [0.4, 0.5) is 0 Å². The monoisotopic (exact) mass is 198 g/mol. The van der Waals surface area contributed by atoms with Gasteiger partial charge in [0, 0.05) is 29.6 Å². The Hall–Kier alpha value is -0.830. The van der Waals surface area contributed by atoms with Crippen LogP contribution in [0.15, 0.2) is 49.6 Å². The molecule has 1 aromatic carbocycles. The summed E-state index contributed by atoms with van der Waals surface area (Å²) in [5, 5.41) is 0.